The van der Waals surface area contributed by atoms with E-state index in [4.69, 9.17) is 0 Å². The number of fused-ring (bicyclic) bond motifs is 1. The van der Waals surface area contributed by atoms with Crippen LogP contribution in [0.5, 0.6) is 0 Å². The number of rotatable bonds is 7. The molecular weight excluding hydrogens is 302 g/mol. The molecule has 0 radical (unpaired) electrons. The lowest BCUT2D eigenvalue weighted by molar-refractivity contribution is -0.121. The smallest absolute Gasteiger partial charge is 0.264 e. The first-order chi connectivity index (χ1) is 10.7. The molecule has 0 saturated heterocycles. The van der Waals surface area contributed by atoms with E-state index in [1.54, 1.807) is 0 Å². The van der Waals surface area contributed by atoms with Crippen molar-refractivity contribution >= 4 is 28.7 Å². The fourth-order valence-electron chi connectivity index (χ4n) is 1.86. The number of carbonyl (C=O) groups is 1. The Morgan fingerprint density at radius 1 is 1.36 bits per heavy atom. The third kappa shape index (κ3) is 4.03. The number of hydrogen-bond donors (Lipinski definition) is 1. The first-order valence-electron chi connectivity index (χ1n) is 7.27. The summed E-state index contributed by atoms with van der Waals surface area (Å²) in [6.07, 6.45) is 4.76. The molecule has 0 atom stereocenters. The molecule has 2 aromatic heterocycles. The van der Waals surface area contributed by atoms with Gasteiger partial charge in [-0.05, 0) is 12.2 Å². The highest BCUT2D eigenvalue weighted by molar-refractivity contribution is 7.99. The van der Waals surface area contributed by atoms with Crippen molar-refractivity contribution in [3.05, 3.63) is 22.9 Å². The Kier molecular flexibility index (Phi) is 5.88. The van der Waals surface area contributed by atoms with Gasteiger partial charge in [0, 0.05) is 12.7 Å². The van der Waals surface area contributed by atoms with Crippen LogP contribution in [0.3, 0.4) is 0 Å². The second-order valence-corrected chi connectivity index (χ2v) is 5.94. The van der Waals surface area contributed by atoms with Gasteiger partial charge in [0.25, 0.3) is 5.56 Å². The number of hydrogen-bond acceptors (Lipinski definition) is 6. The van der Waals surface area contributed by atoms with Crippen LogP contribution in [0.15, 0.2) is 22.5 Å². The molecule has 2 rings (SSSR count). The molecule has 0 aliphatic carbocycles. The maximum Gasteiger partial charge on any atom is 0.264 e. The summed E-state index contributed by atoms with van der Waals surface area (Å²) in [5.41, 5.74) is 0.0577. The second-order valence-electron chi connectivity index (χ2n) is 4.70. The first-order valence-corrected chi connectivity index (χ1v) is 8.26. The van der Waals surface area contributed by atoms with Gasteiger partial charge in [-0.15, -0.1) is 0 Å². The highest BCUT2D eigenvalue weighted by atomic mass is 32.2. The molecule has 1 N–H and O–H groups in total. The van der Waals surface area contributed by atoms with Crippen LogP contribution in [0.2, 0.25) is 0 Å². The largest absolute Gasteiger partial charge is 0.355 e. The molecular formula is C14H19N5O2S. The van der Waals surface area contributed by atoms with E-state index in [0.29, 0.717) is 22.7 Å². The minimum atomic E-state index is -0.302. The van der Waals surface area contributed by atoms with Gasteiger partial charge in [0.05, 0.1) is 0 Å². The average Bonchev–Trinajstić information content (AvgIpc) is 2.51. The van der Waals surface area contributed by atoms with Crippen LogP contribution >= 0.6 is 11.8 Å². The van der Waals surface area contributed by atoms with E-state index in [0.717, 1.165) is 18.6 Å². The molecule has 0 aliphatic heterocycles. The minimum absolute atomic E-state index is 0.0447. The van der Waals surface area contributed by atoms with Crippen molar-refractivity contribution in [2.45, 2.75) is 38.4 Å². The van der Waals surface area contributed by atoms with E-state index in [1.807, 2.05) is 6.92 Å². The van der Waals surface area contributed by atoms with Crippen LogP contribution in [0.25, 0.3) is 11.0 Å². The van der Waals surface area contributed by atoms with Gasteiger partial charge in [-0.2, -0.15) is 0 Å². The molecule has 0 bridgehead atoms. The molecule has 0 aromatic carbocycles. The molecule has 0 saturated carbocycles. The van der Waals surface area contributed by atoms with Crippen LogP contribution < -0.4 is 10.9 Å². The van der Waals surface area contributed by atoms with Crippen molar-refractivity contribution in [1.29, 1.82) is 0 Å². The third-order valence-corrected chi connectivity index (χ3v) is 3.74. The van der Waals surface area contributed by atoms with Crippen LogP contribution in [0.1, 0.15) is 26.7 Å². The molecule has 0 unspecified atom stereocenters. The van der Waals surface area contributed by atoms with Crippen molar-refractivity contribution in [1.82, 2.24) is 24.8 Å². The number of aromatic nitrogens is 4. The van der Waals surface area contributed by atoms with E-state index in [1.165, 1.54) is 28.9 Å². The predicted molar refractivity (Wildman–Crippen MR) is 85.9 cm³/mol. The molecule has 2 heterocycles. The Bertz CT molecular complexity index is 716. The summed E-state index contributed by atoms with van der Waals surface area (Å²) in [5, 5.41) is 3.69. The van der Waals surface area contributed by atoms with E-state index < -0.39 is 0 Å². The lowest BCUT2D eigenvalue weighted by Gasteiger charge is -2.07. The van der Waals surface area contributed by atoms with Crippen LogP contribution in [-0.4, -0.2) is 37.7 Å². The lowest BCUT2D eigenvalue weighted by Crippen LogP contribution is -2.33. The summed E-state index contributed by atoms with van der Waals surface area (Å²) in [6, 6.07) is 0. The quantitative estimate of drug-likeness (QED) is 0.468. The van der Waals surface area contributed by atoms with Gasteiger partial charge in [0.15, 0.2) is 10.8 Å². The standard InChI is InChI=1S/C14H19N5O2S/c1-3-5-6-15-11(20)8-19-9-17-12-10(13(19)21)7-16-14(18-12)22-4-2/h7,9H,3-6,8H2,1-2H3,(H,15,20). The van der Waals surface area contributed by atoms with Gasteiger partial charge in [-0.25, -0.2) is 15.0 Å². The van der Waals surface area contributed by atoms with Gasteiger partial charge in [-0.1, -0.05) is 32.0 Å². The highest BCUT2D eigenvalue weighted by Crippen LogP contribution is 2.13. The zero-order chi connectivity index (χ0) is 15.9. The summed E-state index contributed by atoms with van der Waals surface area (Å²) in [5.74, 6) is 0.649. The number of unbranched alkanes of at least 4 members (excludes halogenated alkanes) is 1. The van der Waals surface area contributed by atoms with E-state index in [9.17, 15) is 9.59 Å². The number of nitrogens with one attached hydrogen (secondary N) is 1. The van der Waals surface area contributed by atoms with Gasteiger partial charge < -0.3 is 5.32 Å². The van der Waals surface area contributed by atoms with E-state index in [-0.39, 0.29) is 18.0 Å². The summed E-state index contributed by atoms with van der Waals surface area (Å²) in [6.45, 7) is 4.62. The number of nitrogens with zero attached hydrogens (tertiary/aromatic N) is 4. The van der Waals surface area contributed by atoms with Gasteiger partial charge in [0.2, 0.25) is 5.91 Å². The number of thioether (sulfide) groups is 1. The molecule has 0 spiro atoms. The fourth-order valence-corrected chi connectivity index (χ4v) is 2.40. The van der Waals surface area contributed by atoms with Crippen LogP contribution in [0, 0.1) is 0 Å². The summed E-state index contributed by atoms with van der Waals surface area (Å²) < 4.78 is 1.28. The van der Waals surface area contributed by atoms with Gasteiger partial charge >= 0.3 is 0 Å². The molecule has 0 aliphatic rings. The van der Waals surface area contributed by atoms with E-state index in [2.05, 4.69) is 27.2 Å². The molecule has 22 heavy (non-hydrogen) atoms. The second kappa shape index (κ2) is 7.88. The third-order valence-electron chi connectivity index (χ3n) is 3.00. The average molecular weight is 321 g/mol. The molecule has 0 fully saturated rings. The van der Waals surface area contributed by atoms with Crippen molar-refractivity contribution < 1.29 is 4.79 Å². The molecule has 118 valence electrons. The predicted octanol–water partition coefficient (Wildman–Crippen LogP) is 1.21. The summed E-state index contributed by atoms with van der Waals surface area (Å²) >= 11 is 1.49. The molecule has 1 amide bonds. The Labute approximate surface area is 132 Å². The normalized spacial score (nSPS) is 10.8. The van der Waals surface area contributed by atoms with Crippen molar-refractivity contribution in [2.24, 2.45) is 0 Å². The maximum absolute atomic E-state index is 12.3. The zero-order valence-corrected chi connectivity index (χ0v) is 13.5. The Balaban J connectivity index is 2.18. The monoisotopic (exact) mass is 321 g/mol. The Morgan fingerprint density at radius 3 is 2.91 bits per heavy atom. The van der Waals surface area contributed by atoms with Gasteiger partial charge in [0.1, 0.15) is 18.3 Å². The van der Waals surface area contributed by atoms with Crippen molar-refractivity contribution in [2.75, 3.05) is 12.3 Å². The lowest BCUT2D eigenvalue weighted by atomic mass is 10.3. The van der Waals surface area contributed by atoms with Gasteiger partial charge in [-0.3, -0.25) is 14.2 Å². The van der Waals surface area contributed by atoms with Crippen LogP contribution in [0.4, 0.5) is 0 Å². The first kappa shape index (κ1) is 16.4. The molecule has 2 aromatic rings. The summed E-state index contributed by atoms with van der Waals surface area (Å²) in [7, 11) is 0. The topological polar surface area (TPSA) is 89.8 Å². The van der Waals surface area contributed by atoms with E-state index >= 15 is 0 Å². The Hall–Kier alpha value is -1.96. The van der Waals surface area contributed by atoms with Crippen molar-refractivity contribution in [3.8, 4) is 0 Å². The minimum Gasteiger partial charge on any atom is -0.355 e. The maximum atomic E-state index is 12.3. The Morgan fingerprint density at radius 2 is 2.18 bits per heavy atom. The number of carbonyl (C=O) groups excluding carboxylic acids is 1. The summed E-state index contributed by atoms with van der Waals surface area (Å²) in [4.78, 5) is 36.6. The molecule has 8 heteroatoms. The zero-order valence-electron chi connectivity index (χ0n) is 12.7. The molecule has 7 nitrogen and oxygen atoms in total. The SMILES string of the molecule is CCCCNC(=O)Cn1cnc2nc(SCC)ncc2c1=O. The fraction of sp³-hybridized carbons (Fsp3) is 0.500. The van der Waals surface area contributed by atoms with Crippen LogP contribution in [-0.2, 0) is 11.3 Å². The highest BCUT2D eigenvalue weighted by Gasteiger charge is 2.10. The van der Waals surface area contributed by atoms with Crippen molar-refractivity contribution in [3.63, 3.8) is 0 Å². The number of amides is 1.